The maximum atomic E-state index is 13.8. The predicted octanol–water partition coefficient (Wildman–Crippen LogP) is 14.1. The van der Waals surface area contributed by atoms with Crippen LogP contribution < -0.4 is 11.3 Å². The van der Waals surface area contributed by atoms with Gasteiger partial charge in [-0.2, -0.15) is 0 Å². The van der Waals surface area contributed by atoms with Crippen LogP contribution in [0.5, 0.6) is 0 Å². The number of ether oxygens (including phenoxy) is 6. The molecule has 16 rings (SSSR count). The number of nitrogens with one attached hydrogen (secondary N) is 1. The molecule has 4 amide bonds. The SMILES string of the molecule is CC(=O)OCC1OC(OC(=N)C(Cl)(Cl)Cl)[C@@H](N2C(=O)c3ccccc3C2=O)C(C)[C@@H]1C.CC(=O)OCC1O[C@@H](O[C@@H]2C=C3CCC4C(CC[C@]5(C)[C@@H](c6ccc(=O)oc6)CC[C@]45O)[C@@]3(C)CC2)[C@@H](N2C(=O)c3ccccc3C2=O)C(C)[C@@H]1C.C[C@]12CC[C@H](O)C=C1CCC1C2CC[C@]2(C)[C@@H](c3ccc(=O)oc3)CC[C@]12O. The Labute approximate surface area is 662 Å². The summed E-state index contributed by atoms with van der Waals surface area (Å²) in [5.74, 6) is -2.56. The number of amides is 4. The molecule has 24 atom stereocenters. The molecule has 6 saturated carbocycles. The fourth-order valence-corrected chi connectivity index (χ4v) is 23.4. The minimum absolute atomic E-state index is 0.0594. The molecule has 2 aromatic heterocycles. The molecule has 22 nitrogen and oxygen atoms in total. The summed E-state index contributed by atoms with van der Waals surface area (Å²) in [6.07, 6.45) is 18.3. The Morgan fingerprint density at radius 3 is 1.33 bits per heavy atom. The highest BCUT2D eigenvalue weighted by molar-refractivity contribution is 6.76. The minimum atomic E-state index is -2.17. The zero-order valence-corrected chi connectivity index (χ0v) is 67.0. The van der Waals surface area contributed by atoms with Crippen molar-refractivity contribution in [2.75, 3.05) is 13.2 Å². The lowest BCUT2D eigenvalue weighted by Crippen LogP contribution is -2.61. The second kappa shape index (κ2) is 30.4. The lowest BCUT2D eigenvalue weighted by atomic mass is 9.45. The third-order valence-corrected chi connectivity index (χ3v) is 30.3. The van der Waals surface area contributed by atoms with Gasteiger partial charge in [0.25, 0.3) is 27.4 Å². The summed E-state index contributed by atoms with van der Waals surface area (Å²) in [7, 11) is 0. The fourth-order valence-electron chi connectivity index (χ4n) is 23.2. The zero-order valence-electron chi connectivity index (χ0n) is 64.8. The van der Waals surface area contributed by atoms with Gasteiger partial charge in [0.2, 0.25) is 12.2 Å². The second-order valence-corrected chi connectivity index (χ2v) is 37.1. The van der Waals surface area contributed by atoms with Gasteiger partial charge < -0.3 is 52.6 Å². The molecule has 4 N–H and O–H groups in total. The Morgan fingerprint density at radius 1 is 0.523 bits per heavy atom. The standard InChI is InChI=1S/C42H51NO9.C24H32O4.C20H21Cl3N2O6/c1-23-24(2)36(43-37(46)29-8-6-7-9-30(29)38(43)47)39(52-34(23)22-49-25(3)44)51-28-14-17-40(4)27(20-28)11-12-33-32(40)15-18-41(5)31(16-19-42(33,41)48)26-10-13-35(45)50-21-26;1-22-10-7-17(25)13-16(22)4-5-20-19(22)8-11-23(2)18(9-12-24(20,23)27)15-3-6-21(26)28-14-15;1-9-10(2)15(25-16(27)12-6-4-5-7-13(12)17(25)28)18(31-19(24)20(21,22)23)30-14(9)8-29-11(3)26/h6-10,13,20-21,23-24,28,31-34,36,39,48H,11-12,14-19,22H2,1-5H3;3,6,13-14,17-20,25,27H,4-5,7-12H2,1-2H3;4-7,9-10,14-15,18,24H,8H2,1-3H3/t23-,24?,28-,31+,32?,33?,34?,36-,39+,40-,41+,42-;17-,18+,19?,20?,22-,23+,24-;9-,10?,14?,15-,18?/m000/s1. The molecule has 8 aliphatic carbocycles. The van der Waals surface area contributed by atoms with E-state index >= 15 is 0 Å². The number of hydrogen-bond acceptors (Lipinski definition) is 20. The van der Waals surface area contributed by atoms with Crippen LogP contribution in [0.2, 0.25) is 0 Å². The van der Waals surface area contributed by atoms with Gasteiger partial charge in [0.05, 0.1) is 76.4 Å². The summed E-state index contributed by atoms with van der Waals surface area (Å²) >= 11 is 17.3. The lowest BCUT2D eigenvalue weighted by Gasteiger charge is -2.62. The molecule has 8 fully saturated rings. The summed E-state index contributed by atoms with van der Waals surface area (Å²) in [4.78, 5) is 102. The summed E-state index contributed by atoms with van der Waals surface area (Å²) < 4.78 is 43.6. The molecule has 0 spiro atoms. The van der Waals surface area contributed by atoms with E-state index < -0.39 is 81.5 Å². The first-order valence-electron chi connectivity index (χ1n) is 39.7. The average molecular weight is 1590 g/mol. The third kappa shape index (κ3) is 13.9. The molecule has 598 valence electrons. The highest BCUT2D eigenvalue weighted by Crippen LogP contribution is 2.72. The van der Waals surface area contributed by atoms with Gasteiger partial charge in [-0.3, -0.25) is 44.0 Å². The van der Waals surface area contributed by atoms with Gasteiger partial charge in [0.1, 0.15) is 19.3 Å². The number of aliphatic hydroxyl groups is 3. The average Bonchev–Trinajstić information content (AvgIpc) is 1.62. The number of imide groups is 2. The highest BCUT2D eigenvalue weighted by Gasteiger charge is 2.69. The number of esters is 2. The number of rotatable bonds is 11. The predicted molar refractivity (Wildman–Crippen MR) is 410 cm³/mol. The number of benzene rings is 2. The van der Waals surface area contributed by atoms with Crippen molar-refractivity contribution in [3.8, 4) is 0 Å². The van der Waals surface area contributed by atoms with E-state index in [0.717, 1.165) is 119 Å². The Bertz CT molecular complexity index is 4400. The fraction of sp³-hybridized carbons (Fsp3) is 0.616. The zero-order chi connectivity index (χ0) is 79.6. The van der Waals surface area contributed by atoms with Gasteiger partial charge in [0.15, 0.2) is 6.29 Å². The van der Waals surface area contributed by atoms with Gasteiger partial charge in [-0.25, -0.2) is 9.59 Å². The van der Waals surface area contributed by atoms with Crippen molar-refractivity contribution in [1.29, 1.82) is 5.41 Å². The normalized spacial score (nSPS) is 39.2. The minimum Gasteiger partial charge on any atom is -0.463 e. The molecular weight excluding hydrogens is 1490 g/mol. The number of nitrogens with zero attached hydrogens (tertiary/aromatic N) is 2. The first-order chi connectivity index (χ1) is 52.5. The van der Waals surface area contributed by atoms with Crippen LogP contribution in [-0.4, -0.2) is 144 Å². The highest BCUT2D eigenvalue weighted by atomic mass is 35.6. The second-order valence-electron chi connectivity index (χ2n) is 34.9. The van der Waals surface area contributed by atoms with E-state index in [4.69, 9.17) is 77.5 Å². The molecule has 0 bridgehead atoms. The van der Waals surface area contributed by atoms with E-state index in [2.05, 4.69) is 39.8 Å². The van der Waals surface area contributed by atoms with Gasteiger partial charge >= 0.3 is 23.2 Å². The van der Waals surface area contributed by atoms with Gasteiger partial charge in [0, 0.05) is 36.8 Å². The number of carbonyl (C=O) groups excluding carboxylic acids is 6. The molecule has 2 aromatic carbocycles. The molecular formula is C86H104Cl3N3O19. The van der Waals surface area contributed by atoms with Crippen molar-refractivity contribution < 1.29 is 81.3 Å². The van der Waals surface area contributed by atoms with Crippen molar-refractivity contribution in [2.45, 2.75) is 248 Å². The van der Waals surface area contributed by atoms with E-state index in [1.807, 2.05) is 39.8 Å². The smallest absolute Gasteiger partial charge is 0.335 e. The molecule has 25 heteroatoms. The van der Waals surface area contributed by atoms with Crippen molar-refractivity contribution in [3.05, 3.63) is 163 Å². The molecule has 12 aliphatic rings. The monoisotopic (exact) mass is 1590 g/mol. The first-order valence-corrected chi connectivity index (χ1v) is 40.8. The number of carbonyl (C=O) groups is 6. The number of halogens is 3. The summed E-state index contributed by atoms with van der Waals surface area (Å²) in [5, 5.41) is 42.9. The molecule has 6 heterocycles. The molecule has 2 saturated heterocycles. The molecule has 0 radical (unpaired) electrons. The Hall–Kier alpha value is -6.86. The topological polar surface area (TPSA) is 309 Å². The maximum Gasteiger partial charge on any atom is 0.335 e. The third-order valence-electron chi connectivity index (χ3n) is 29.8. The van der Waals surface area contributed by atoms with Crippen LogP contribution in [0, 0.1) is 74.4 Å². The number of alkyl halides is 3. The van der Waals surface area contributed by atoms with Crippen molar-refractivity contribution in [1.82, 2.24) is 9.80 Å². The molecule has 4 aromatic rings. The van der Waals surface area contributed by atoms with Crippen LogP contribution in [0.3, 0.4) is 0 Å². The van der Waals surface area contributed by atoms with Crippen LogP contribution >= 0.6 is 34.8 Å². The first kappa shape index (κ1) is 80.7. The van der Waals surface area contributed by atoms with Gasteiger partial charge in [-0.15, -0.1) is 0 Å². The van der Waals surface area contributed by atoms with E-state index in [0.29, 0.717) is 28.9 Å². The number of hydrogen-bond donors (Lipinski definition) is 4. The van der Waals surface area contributed by atoms with Crippen molar-refractivity contribution >= 4 is 76.3 Å². The quantitative estimate of drug-likeness (QED) is 0.0271. The van der Waals surface area contributed by atoms with E-state index in [1.54, 1.807) is 61.1 Å². The van der Waals surface area contributed by atoms with Crippen LogP contribution in [-0.2, 0) is 38.0 Å². The van der Waals surface area contributed by atoms with E-state index in [9.17, 15) is 53.7 Å². The molecule has 9 unspecified atom stereocenters. The van der Waals surface area contributed by atoms with Crippen molar-refractivity contribution in [3.63, 3.8) is 0 Å². The largest absolute Gasteiger partial charge is 0.463 e. The van der Waals surface area contributed by atoms with Gasteiger partial charge in [-0.1, -0.05) is 138 Å². The van der Waals surface area contributed by atoms with Crippen LogP contribution in [0.15, 0.2) is 127 Å². The summed E-state index contributed by atoms with van der Waals surface area (Å²) in [5.41, 5.74) is 3.54. The van der Waals surface area contributed by atoms with Crippen LogP contribution in [0.1, 0.15) is 236 Å². The Morgan fingerprint density at radius 2 is 0.928 bits per heavy atom. The van der Waals surface area contributed by atoms with Crippen LogP contribution in [0.25, 0.3) is 0 Å². The summed E-state index contributed by atoms with van der Waals surface area (Å²) in [6.45, 7) is 19.6. The Kier molecular flexibility index (Phi) is 22.1. The summed E-state index contributed by atoms with van der Waals surface area (Å²) in [6, 6.07) is 18.5. The van der Waals surface area contributed by atoms with Crippen LogP contribution in [0.4, 0.5) is 0 Å². The lowest BCUT2D eigenvalue weighted by molar-refractivity contribution is -0.264. The number of aliphatic hydroxyl groups excluding tert-OH is 1. The maximum absolute atomic E-state index is 13.8. The van der Waals surface area contributed by atoms with E-state index in [1.165, 1.54) is 42.0 Å². The number of fused-ring (bicyclic) bond motifs is 12. The number of allylic oxidation sites excluding steroid dienone is 2. The van der Waals surface area contributed by atoms with Crippen molar-refractivity contribution in [2.24, 2.45) is 69.0 Å². The molecule has 111 heavy (non-hydrogen) atoms. The Balaban J connectivity index is 0.000000149. The van der Waals surface area contributed by atoms with E-state index in [-0.39, 0.29) is 123 Å². The molecule has 4 aliphatic heterocycles. The van der Waals surface area contributed by atoms with Gasteiger partial charge in [-0.05, 0) is 220 Å².